The first-order chi connectivity index (χ1) is 13.5. The van der Waals surface area contributed by atoms with E-state index in [-0.39, 0.29) is 31.6 Å². The number of hydrogen-bond acceptors (Lipinski definition) is 4. The molecule has 4 rings (SSSR count). The number of thiophene rings is 1. The van der Waals surface area contributed by atoms with Crippen molar-refractivity contribution >= 4 is 27.3 Å². The molecule has 0 saturated heterocycles. The maximum absolute atomic E-state index is 10.0. The van der Waals surface area contributed by atoms with Crippen molar-refractivity contribution in [1.29, 1.82) is 0 Å². The van der Waals surface area contributed by atoms with Gasteiger partial charge in [-0.05, 0) is 37.2 Å². The molecule has 0 bridgehead atoms. The minimum Gasteiger partial charge on any atom is -0.512 e. The number of nitrogens with zero attached hydrogens (tertiary/aromatic N) is 1. The maximum atomic E-state index is 10.0. The number of benzene rings is 2. The number of aliphatic hydroxyl groups excluding tert-OH is 1. The molecule has 5 heteroatoms. The van der Waals surface area contributed by atoms with Gasteiger partial charge in [0.05, 0.1) is 16.0 Å². The Morgan fingerprint density at radius 1 is 1.03 bits per heavy atom. The van der Waals surface area contributed by atoms with E-state index >= 15 is 0 Å². The van der Waals surface area contributed by atoms with Crippen molar-refractivity contribution in [2.24, 2.45) is 0 Å². The zero-order valence-corrected chi connectivity index (χ0v) is 19.3. The van der Waals surface area contributed by atoms with Crippen molar-refractivity contribution in [2.75, 3.05) is 0 Å². The molecule has 0 spiro atoms. The van der Waals surface area contributed by atoms with Crippen LogP contribution < -0.4 is 0 Å². The molecule has 0 aliphatic carbocycles. The van der Waals surface area contributed by atoms with E-state index in [1.165, 1.54) is 35.1 Å². The molecule has 2 aromatic carbocycles. The second-order valence-electron chi connectivity index (χ2n) is 6.23. The quantitative estimate of drug-likeness (QED) is 0.172. The van der Waals surface area contributed by atoms with Crippen LogP contribution in [0.2, 0.25) is 0 Å². The zero-order valence-electron chi connectivity index (χ0n) is 16.0. The number of aliphatic hydroxyl groups is 1. The molecule has 0 saturated carbocycles. The third-order valence-corrected chi connectivity index (χ3v) is 4.97. The number of pyridine rings is 1. The van der Waals surface area contributed by atoms with Gasteiger partial charge >= 0.3 is 0 Å². The largest absolute Gasteiger partial charge is 0.512 e. The topological polar surface area (TPSA) is 50.2 Å². The summed E-state index contributed by atoms with van der Waals surface area (Å²) in [5.74, 6) is -0.0625. The van der Waals surface area contributed by atoms with Gasteiger partial charge in [-0.3, -0.25) is 9.78 Å². The third-order valence-electron chi connectivity index (χ3n) is 3.83. The van der Waals surface area contributed by atoms with Gasteiger partial charge in [-0.1, -0.05) is 36.4 Å². The third kappa shape index (κ3) is 6.46. The van der Waals surface area contributed by atoms with Crippen molar-refractivity contribution in [3.63, 3.8) is 0 Å². The Morgan fingerprint density at radius 2 is 1.76 bits per heavy atom. The second-order valence-corrected chi connectivity index (χ2v) is 7.31. The first-order valence-electron chi connectivity index (χ1n) is 8.84. The van der Waals surface area contributed by atoms with E-state index in [2.05, 4.69) is 48.5 Å². The van der Waals surface area contributed by atoms with Gasteiger partial charge < -0.3 is 5.11 Å². The van der Waals surface area contributed by atoms with E-state index in [4.69, 9.17) is 10.1 Å². The Morgan fingerprint density at radius 3 is 2.34 bits per heavy atom. The van der Waals surface area contributed by atoms with E-state index in [0.29, 0.717) is 0 Å². The Labute approximate surface area is 188 Å². The van der Waals surface area contributed by atoms with Crippen LogP contribution in [0.5, 0.6) is 0 Å². The summed E-state index contributed by atoms with van der Waals surface area (Å²) in [7, 11) is 0. The molecule has 2 heterocycles. The Bertz CT molecular complexity index is 1060. The molecule has 0 aliphatic heterocycles. The number of allylic oxidation sites excluding steroid dienone is 2. The number of fused-ring (bicyclic) bond motifs is 1. The molecule has 1 radical (unpaired) electrons. The number of aromatic nitrogens is 1. The minimum absolute atomic E-state index is 0. The summed E-state index contributed by atoms with van der Waals surface area (Å²) in [6, 6.07) is 28.0. The van der Waals surface area contributed by atoms with Gasteiger partial charge in [0.1, 0.15) is 0 Å². The van der Waals surface area contributed by atoms with Crippen LogP contribution in [-0.2, 0) is 24.9 Å². The minimum atomic E-state index is -0.125. The van der Waals surface area contributed by atoms with E-state index in [1.54, 1.807) is 11.3 Å². The van der Waals surface area contributed by atoms with Gasteiger partial charge in [0.15, 0.2) is 5.78 Å². The Balaban J connectivity index is 0.000000327. The van der Waals surface area contributed by atoms with E-state index in [1.807, 2.05) is 30.3 Å². The summed E-state index contributed by atoms with van der Waals surface area (Å²) in [6.45, 7) is 2.85. The molecule has 1 N–H and O–H groups in total. The van der Waals surface area contributed by atoms with Crippen LogP contribution in [0, 0.1) is 6.07 Å². The van der Waals surface area contributed by atoms with Crippen molar-refractivity contribution in [1.82, 2.24) is 4.98 Å². The molecule has 149 valence electrons. The summed E-state index contributed by atoms with van der Waals surface area (Å²) in [5.41, 5.74) is 4.30. The molecule has 2 aromatic heterocycles. The molecular formula is C24H20IrNO2S-. The molecule has 0 fully saturated rings. The van der Waals surface area contributed by atoms with Crippen LogP contribution in [0.25, 0.3) is 31.9 Å². The van der Waals surface area contributed by atoms with Gasteiger partial charge in [-0.25, -0.2) is 0 Å². The monoisotopic (exact) mass is 579 g/mol. The second kappa shape index (κ2) is 10.8. The fourth-order valence-electron chi connectivity index (χ4n) is 2.67. The van der Waals surface area contributed by atoms with Gasteiger partial charge in [-0.15, -0.1) is 47.2 Å². The molecule has 4 aromatic rings. The molecular weight excluding hydrogens is 559 g/mol. The van der Waals surface area contributed by atoms with Gasteiger partial charge in [-0.2, -0.15) is 0 Å². The van der Waals surface area contributed by atoms with Crippen LogP contribution in [-0.4, -0.2) is 15.9 Å². The summed E-state index contributed by atoms with van der Waals surface area (Å²) >= 11 is 1.78. The summed E-state index contributed by atoms with van der Waals surface area (Å²) in [4.78, 5) is 16.0. The SMILES string of the molecule is CC(=O)/C=C(/C)O.[Ir].[c-]1ccccc1-c1ccc2sc(-c3ccccc3)cc2n1. The van der Waals surface area contributed by atoms with Crippen LogP contribution >= 0.6 is 11.3 Å². The molecule has 29 heavy (non-hydrogen) atoms. The van der Waals surface area contributed by atoms with E-state index < -0.39 is 0 Å². The molecule has 3 nitrogen and oxygen atoms in total. The predicted molar refractivity (Wildman–Crippen MR) is 116 cm³/mol. The number of hydrogen-bond donors (Lipinski definition) is 1. The first kappa shape index (κ1) is 22.7. The van der Waals surface area contributed by atoms with Gasteiger partial charge in [0.25, 0.3) is 0 Å². The number of rotatable bonds is 3. The average molecular weight is 579 g/mol. The number of carbonyl (C=O) groups is 1. The molecule has 0 aliphatic rings. The van der Waals surface area contributed by atoms with Crippen LogP contribution in [0.15, 0.2) is 84.6 Å². The molecule has 0 atom stereocenters. The van der Waals surface area contributed by atoms with Gasteiger partial charge in [0, 0.05) is 31.1 Å². The normalized spacial score (nSPS) is 10.6. The molecule has 0 amide bonds. The summed E-state index contributed by atoms with van der Waals surface area (Å²) in [5, 5.41) is 8.36. The standard InChI is InChI=1S/C19H12NS.C5H8O2.Ir/c1-3-7-14(8-4-1)16-11-12-18-17(20-16)13-19(21-18)15-9-5-2-6-10-15;1-4(6)3-5(2)7;/h1-7,9-13H;3,6H,1-2H3;/q-1;;/b;4-3-;. The van der Waals surface area contributed by atoms with Crippen molar-refractivity contribution < 1.29 is 30.0 Å². The predicted octanol–water partition coefficient (Wildman–Crippen LogP) is 6.47. The van der Waals surface area contributed by atoms with E-state index in [9.17, 15) is 4.79 Å². The van der Waals surface area contributed by atoms with E-state index in [0.717, 1.165) is 16.8 Å². The first-order valence-corrected chi connectivity index (χ1v) is 9.65. The van der Waals surface area contributed by atoms with Crippen molar-refractivity contribution in [2.45, 2.75) is 13.8 Å². The summed E-state index contributed by atoms with van der Waals surface area (Å²) in [6.07, 6.45) is 1.17. The molecule has 0 unspecified atom stereocenters. The van der Waals surface area contributed by atoms with Crippen LogP contribution in [0.3, 0.4) is 0 Å². The Kier molecular flexibility index (Phi) is 8.47. The Hall–Kier alpha value is -2.59. The zero-order chi connectivity index (χ0) is 19.9. The van der Waals surface area contributed by atoms with Crippen LogP contribution in [0.1, 0.15) is 13.8 Å². The fourth-order valence-corrected chi connectivity index (χ4v) is 3.67. The number of ketones is 1. The smallest absolute Gasteiger partial charge is 0.155 e. The fraction of sp³-hybridized carbons (Fsp3) is 0.0833. The van der Waals surface area contributed by atoms with Gasteiger partial charge in [0.2, 0.25) is 0 Å². The maximum Gasteiger partial charge on any atom is 0.155 e. The van der Waals surface area contributed by atoms with Crippen molar-refractivity contribution in [3.05, 3.63) is 90.7 Å². The van der Waals surface area contributed by atoms with Crippen molar-refractivity contribution in [3.8, 4) is 21.7 Å². The number of carbonyl (C=O) groups excluding carboxylic acids is 1. The summed E-state index contributed by atoms with van der Waals surface area (Å²) < 4.78 is 1.22. The average Bonchev–Trinajstić information content (AvgIpc) is 3.12. The van der Waals surface area contributed by atoms with Crippen LogP contribution in [0.4, 0.5) is 0 Å².